The summed E-state index contributed by atoms with van der Waals surface area (Å²) in [6, 6.07) is 13.8. The zero-order valence-electron chi connectivity index (χ0n) is 11.0. The summed E-state index contributed by atoms with van der Waals surface area (Å²) in [7, 11) is 0. The number of para-hydroxylation sites is 1. The maximum Gasteiger partial charge on any atom is 0.312 e. The summed E-state index contributed by atoms with van der Waals surface area (Å²) in [5, 5.41) is 10.9. The average molecular weight is 350 g/mol. The third kappa shape index (κ3) is 4.13. The molecule has 21 heavy (non-hydrogen) atoms. The quantitative estimate of drug-likeness (QED) is 0.590. The van der Waals surface area contributed by atoms with E-state index in [-0.39, 0.29) is 30.2 Å². The standard InChI is InChI=1S/C15H12BrNO4/c16-13-7-4-8-14(17(19)20)15(13)21-10-12(18)9-11-5-2-1-3-6-11/h1-8H,9-10H2. The molecule has 0 atom stereocenters. The number of rotatable bonds is 6. The fraction of sp³-hybridized carbons (Fsp3) is 0.133. The van der Waals surface area contributed by atoms with Crippen molar-refractivity contribution >= 4 is 27.4 Å². The van der Waals surface area contributed by atoms with Gasteiger partial charge in [0.05, 0.1) is 9.40 Å². The molecular weight excluding hydrogens is 338 g/mol. The topological polar surface area (TPSA) is 69.4 Å². The number of benzene rings is 2. The first kappa shape index (κ1) is 15.2. The van der Waals surface area contributed by atoms with Crippen LogP contribution >= 0.6 is 15.9 Å². The highest BCUT2D eigenvalue weighted by Gasteiger charge is 2.18. The molecule has 0 heterocycles. The molecule has 0 aliphatic heterocycles. The second-order valence-electron chi connectivity index (χ2n) is 4.33. The van der Waals surface area contributed by atoms with Crippen molar-refractivity contribution in [3.05, 3.63) is 68.7 Å². The monoisotopic (exact) mass is 349 g/mol. The molecule has 0 aromatic heterocycles. The summed E-state index contributed by atoms with van der Waals surface area (Å²) in [4.78, 5) is 22.3. The Kier molecular flexibility index (Phi) is 5.05. The molecule has 0 N–H and O–H groups in total. The number of ether oxygens (including phenoxy) is 1. The lowest BCUT2D eigenvalue weighted by molar-refractivity contribution is -0.385. The largest absolute Gasteiger partial charge is 0.478 e. The number of carbonyl (C=O) groups is 1. The first-order chi connectivity index (χ1) is 10.1. The van der Waals surface area contributed by atoms with Crippen LogP contribution in [0.1, 0.15) is 5.56 Å². The molecule has 0 bridgehead atoms. The Balaban J connectivity index is 2.03. The summed E-state index contributed by atoms with van der Waals surface area (Å²) in [6.07, 6.45) is 0.235. The van der Waals surface area contributed by atoms with Gasteiger partial charge in [0, 0.05) is 12.5 Å². The maximum absolute atomic E-state index is 11.9. The lowest BCUT2D eigenvalue weighted by Crippen LogP contribution is -2.14. The van der Waals surface area contributed by atoms with Crippen molar-refractivity contribution in [2.45, 2.75) is 6.42 Å². The third-order valence-electron chi connectivity index (χ3n) is 2.76. The van der Waals surface area contributed by atoms with Crippen molar-refractivity contribution in [1.29, 1.82) is 0 Å². The van der Waals surface area contributed by atoms with Gasteiger partial charge in [-0.25, -0.2) is 0 Å². The Labute approximate surface area is 129 Å². The number of halogens is 1. The predicted octanol–water partition coefficient (Wildman–Crippen LogP) is 3.55. The first-order valence-electron chi connectivity index (χ1n) is 6.19. The molecule has 0 unspecified atom stereocenters. The van der Waals surface area contributed by atoms with Gasteiger partial charge in [-0.2, -0.15) is 0 Å². The zero-order chi connectivity index (χ0) is 15.2. The molecule has 2 rings (SSSR count). The summed E-state index contributed by atoms with van der Waals surface area (Å²) < 4.78 is 5.77. The van der Waals surface area contributed by atoms with Crippen LogP contribution < -0.4 is 4.74 Å². The van der Waals surface area contributed by atoms with E-state index in [1.165, 1.54) is 6.07 Å². The zero-order valence-corrected chi connectivity index (χ0v) is 12.6. The Bertz CT molecular complexity index is 658. The normalized spacial score (nSPS) is 10.1. The second kappa shape index (κ2) is 6.99. The molecular formula is C15H12BrNO4. The van der Waals surface area contributed by atoms with E-state index in [2.05, 4.69) is 15.9 Å². The summed E-state index contributed by atoms with van der Waals surface area (Å²) in [5.41, 5.74) is 0.713. The van der Waals surface area contributed by atoms with E-state index in [0.717, 1.165) is 5.56 Å². The van der Waals surface area contributed by atoms with Crippen LogP contribution in [0.25, 0.3) is 0 Å². The number of carbonyl (C=O) groups excluding carboxylic acids is 1. The van der Waals surface area contributed by atoms with E-state index in [1.54, 1.807) is 12.1 Å². The van der Waals surface area contributed by atoms with Crippen molar-refractivity contribution < 1.29 is 14.5 Å². The molecule has 2 aromatic carbocycles. The predicted molar refractivity (Wildman–Crippen MR) is 81.4 cm³/mol. The molecule has 2 aromatic rings. The van der Waals surface area contributed by atoms with Gasteiger partial charge in [-0.15, -0.1) is 0 Å². The molecule has 108 valence electrons. The second-order valence-corrected chi connectivity index (χ2v) is 5.19. The fourth-order valence-electron chi connectivity index (χ4n) is 1.81. The van der Waals surface area contributed by atoms with E-state index >= 15 is 0 Å². The van der Waals surface area contributed by atoms with Crippen LogP contribution in [-0.2, 0) is 11.2 Å². The molecule has 0 saturated carbocycles. The van der Waals surface area contributed by atoms with E-state index < -0.39 is 4.92 Å². The van der Waals surface area contributed by atoms with Gasteiger partial charge in [0.15, 0.2) is 5.78 Å². The molecule has 5 nitrogen and oxygen atoms in total. The van der Waals surface area contributed by atoms with E-state index in [9.17, 15) is 14.9 Å². The number of nitrogens with zero attached hydrogens (tertiary/aromatic N) is 1. The molecule has 0 fully saturated rings. The van der Waals surface area contributed by atoms with Gasteiger partial charge in [0.1, 0.15) is 6.61 Å². The number of Topliss-reactive ketones (excluding diaryl/α,β-unsaturated/α-hetero) is 1. The van der Waals surface area contributed by atoms with Crippen LogP contribution in [0.5, 0.6) is 5.75 Å². The molecule has 0 aliphatic carbocycles. The van der Waals surface area contributed by atoms with Crippen molar-refractivity contribution in [1.82, 2.24) is 0 Å². The Hall–Kier alpha value is -2.21. The summed E-state index contributed by atoms with van der Waals surface area (Å²) in [6.45, 7) is -0.210. The van der Waals surface area contributed by atoms with Gasteiger partial charge in [0.2, 0.25) is 5.75 Å². The Morgan fingerprint density at radius 1 is 1.14 bits per heavy atom. The van der Waals surface area contributed by atoms with Crippen molar-refractivity contribution in [2.24, 2.45) is 0 Å². The first-order valence-corrected chi connectivity index (χ1v) is 6.98. The fourth-order valence-corrected chi connectivity index (χ4v) is 2.28. The van der Waals surface area contributed by atoms with E-state index in [0.29, 0.717) is 4.47 Å². The molecule has 0 aliphatic rings. The lowest BCUT2D eigenvalue weighted by atomic mass is 10.1. The third-order valence-corrected chi connectivity index (χ3v) is 3.39. The number of hydrogen-bond acceptors (Lipinski definition) is 4. The number of nitro benzene ring substituents is 1. The van der Waals surface area contributed by atoms with E-state index in [4.69, 9.17) is 4.74 Å². The minimum atomic E-state index is -0.540. The van der Waals surface area contributed by atoms with Gasteiger partial charge in [0.25, 0.3) is 0 Å². The van der Waals surface area contributed by atoms with E-state index in [1.807, 2.05) is 30.3 Å². The molecule has 0 spiro atoms. The van der Waals surface area contributed by atoms with Gasteiger partial charge < -0.3 is 4.74 Å². The minimum absolute atomic E-state index is 0.0731. The number of hydrogen-bond donors (Lipinski definition) is 0. The minimum Gasteiger partial charge on any atom is -0.478 e. The highest BCUT2D eigenvalue weighted by Crippen LogP contribution is 2.34. The smallest absolute Gasteiger partial charge is 0.312 e. The van der Waals surface area contributed by atoms with Crippen molar-refractivity contribution in [3.63, 3.8) is 0 Å². The van der Waals surface area contributed by atoms with Crippen molar-refractivity contribution in [3.8, 4) is 5.75 Å². The molecule has 0 saturated heterocycles. The summed E-state index contributed by atoms with van der Waals surface area (Å²) in [5.74, 6) is -0.0739. The van der Waals surface area contributed by atoms with Crippen LogP contribution in [0.15, 0.2) is 53.0 Å². The molecule has 0 radical (unpaired) electrons. The average Bonchev–Trinajstić information content (AvgIpc) is 2.46. The highest BCUT2D eigenvalue weighted by molar-refractivity contribution is 9.10. The van der Waals surface area contributed by atoms with Crippen LogP contribution in [0.2, 0.25) is 0 Å². The van der Waals surface area contributed by atoms with Gasteiger partial charge in [-0.1, -0.05) is 36.4 Å². The highest BCUT2D eigenvalue weighted by atomic mass is 79.9. The van der Waals surface area contributed by atoms with Crippen molar-refractivity contribution in [2.75, 3.05) is 6.61 Å². The number of nitro groups is 1. The maximum atomic E-state index is 11.9. The van der Waals surface area contributed by atoms with Crippen LogP contribution in [0, 0.1) is 10.1 Å². The lowest BCUT2D eigenvalue weighted by Gasteiger charge is -2.08. The Morgan fingerprint density at radius 2 is 1.86 bits per heavy atom. The summed E-state index contributed by atoms with van der Waals surface area (Å²) >= 11 is 3.19. The SMILES string of the molecule is O=C(COc1c(Br)cccc1[N+](=O)[O-])Cc1ccccc1. The Morgan fingerprint density at radius 3 is 2.52 bits per heavy atom. The van der Waals surface area contributed by atoms with Crippen LogP contribution in [0.4, 0.5) is 5.69 Å². The van der Waals surface area contributed by atoms with Gasteiger partial charge in [-0.3, -0.25) is 14.9 Å². The number of ketones is 1. The van der Waals surface area contributed by atoms with Gasteiger partial charge >= 0.3 is 5.69 Å². The molecule has 0 amide bonds. The van der Waals surface area contributed by atoms with Crippen LogP contribution in [-0.4, -0.2) is 17.3 Å². The van der Waals surface area contributed by atoms with Gasteiger partial charge in [-0.05, 0) is 27.6 Å². The van der Waals surface area contributed by atoms with Crippen LogP contribution in [0.3, 0.4) is 0 Å². The molecule has 6 heteroatoms.